The lowest BCUT2D eigenvalue weighted by atomic mass is 9.95. The van der Waals surface area contributed by atoms with Gasteiger partial charge in [-0.25, -0.2) is 0 Å². The van der Waals surface area contributed by atoms with Gasteiger partial charge in [-0.05, 0) is 71.3 Å². The zero-order valence-corrected chi connectivity index (χ0v) is 21.8. The van der Waals surface area contributed by atoms with Gasteiger partial charge in [-0.1, -0.05) is 31.4 Å². The van der Waals surface area contributed by atoms with Crippen molar-refractivity contribution in [3.05, 3.63) is 58.1 Å². The summed E-state index contributed by atoms with van der Waals surface area (Å²) in [5, 5.41) is 6.08. The maximum Gasteiger partial charge on any atom is 0.257 e. The smallest absolute Gasteiger partial charge is 0.257 e. The van der Waals surface area contributed by atoms with Crippen molar-refractivity contribution in [2.45, 2.75) is 38.1 Å². The molecule has 0 spiro atoms. The van der Waals surface area contributed by atoms with Crippen LogP contribution in [-0.2, 0) is 4.74 Å². The number of ether oxygens (including phenoxy) is 2. The highest BCUT2D eigenvalue weighted by molar-refractivity contribution is 9.10. The number of anilines is 1. The first-order valence-electron chi connectivity index (χ1n) is 11.3. The van der Waals surface area contributed by atoms with Crippen molar-refractivity contribution in [3.63, 3.8) is 0 Å². The summed E-state index contributed by atoms with van der Waals surface area (Å²) in [4.78, 5) is 27.4. The third kappa shape index (κ3) is 7.01. The molecule has 0 unspecified atom stereocenters. The number of amides is 2. The molecular formula is C25H30BrN3O4S. The second-order valence-electron chi connectivity index (χ2n) is 8.13. The van der Waals surface area contributed by atoms with Gasteiger partial charge in [0.15, 0.2) is 5.11 Å². The largest absolute Gasteiger partial charge is 0.490 e. The fourth-order valence-corrected chi connectivity index (χ4v) is 4.51. The van der Waals surface area contributed by atoms with Gasteiger partial charge < -0.3 is 19.7 Å². The molecule has 1 aliphatic carbocycles. The molecule has 9 heteroatoms. The van der Waals surface area contributed by atoms with E-state index in [1.807, 2.05) is 18.2 Å². The van der Waals surface area contributed by atoms with E-state index in [0.717, 1.165) is 25.7 Å². The van der Waals surface area contributed by atoms with E-state index < -0.39 is 0 Å². The number of benzene rings is 2. The number of nitrogens with one attached hydrogen (secondary N) is 2. The minimum atomic E-state index is -0.356. The Bertz CT molecular complexity index is 1030. The minimum Gasteiger partial charge on any atom is -0.490 e. The number of thiocarbonyl (C=S) groups is 1. The Hall–Kier alpha value is -2.49. The predicted molar refractivity (Wildman–Crippen MR) is 141 cm³/mol. The van der Waals surface area contributed by atoms with Crippen LogP contribution in [0.15, 0.2) is 46.9 Å². The predicted octanol–water partition coefficient (Wildman–Crippen LogP) is 4.69. The first-order chi connectivity index (χ1) is 16.4. The van der Waals surface area contributed by atoms with Gasteiger partial charge in [0.1, 0.15) is 12.4 Å². The molecule has 2 aromatic rings. The topological polar surface area (TPSA) is 79.9 Å². The van der Waals surface area contributed by atoms with Crippen LogP contribution in [0, 0.1) is 0 Å². The summed E-state index contributed by atoms with van der Waals surface area (Å²) in [7, 11) is 3.34. The van der Waals surface area contributed by atoms with Gasteiger partial charge in [-0.3, -0.25) is 14.9 Å². The number of nitrogens with zero attached hydrogens (tertiary/aromatic N) is 1. The summed E-state index contributed by atoms with van der Waals surface area (Å²) in [5.74, 6) is 0.132. The lowest BCUT2D eigenvalue weighted by Gasteiger charge is -2.26. The molecule has 3 rings (SSSR count). The molecule has 0 bridgehead atoms. The molecule has 0 aromatic heterocycles. The first-order valence-corrected chi connectivity index (χ1v) is 12.5. The number of hydrogen-bond donors (Lipinski definition) is 2. The van der Waals surface area contributed by atoms with Gasteiger partial charge in [0, 0.05) is 25.8 Å². The minimum absolute atomic E-state index is 0.128. The molecule has 0 aliphatic heterocycles. The third-order valence-electron chi connectivity index (χ3n) is 5.71. The average molecular weight is 549 g/mol. The maximum absolute atomic E-state index is 13.0. The van der Waals surface area contributed by atoms with Crippen molar-refractivity contribution in [2.75, 3.05) is 32.3 Å². The van der Waals surface area contributed by atoms with E-state index >= 15 is 0 Å². The summed E-state index contributed by atoms with van der Waals surface area (Å²) in [6.07, 6.45) is 5.51. The standard InChI is InChI=1S/C25H30BrN3O4S/c1-29(21-11-7-6-10-19(21)24(31)27-18-8-4-3-5-9-18)25(34)28-23(30)17-12-13-22(20(26)16-17)33-15-14-32-2/h6-7,10-13,16,18H,3-5,8-9,14-15H2,1-2H3,(H,27,31)(H,28,30,34). The monoisotopic (exact) mass is 547 g/mol. The molecule has 1 aliphatic rings. The Kier molecular flexibility index (Phi) is 9.86. The van der Waals surface area contributed by atoms with Gasteiger partial charge in [0.25, 0.3) is 11.8 Å². The third-order valence-corrected chi connectivity index (χ3v) is 6.71. The molecule has 2 N–H and O–H groups in total. The van der Waals surface area contributed by atoms with E-state index in [2.05, 4.69) is 26.6 Å². The Labute approximate surface area is 214 Å². The zero-order valence-electron chi connectivity index (χ0n) is 19.4. The molecule has 0 saturated heterocycles. The van der Waals surface area contributed by atoms with Crippen LogP contribution in [0.5, 0.6) is 5.75 Å². The molecule has 34 heavy (non-hydrogen) atoms. The molecule has 1 saturated carbocycles. The van der Waals surface area contributed by atoms with Gasteiger partial charge in [0.2, 0.25) is 0 Å². The van der Waals surface area contributed by atoms with E-state index in [0.29, 0.717) is 40.3 Å². The molecule has 2 aromatic carbocycles. The van der Waals surface area contributed by atoms with Gasteiger partial charge in [0.05, 0.1) is 22.3 Å². The number of halogens is 1. The van der Waals surface area contributed by atoms with Crippen molar-refractivity contribution in [1.82, 2.24) is 10.6 Å². The van der Waals surface area contributed by atoms with Crippen molar-refractivity contribution >= 4 is 50.8 Å². The zero-order chi connectivity index (χ0) is 24.5. The SMILES string of the molecule is COCCOc1ccc(C(=O)NC(=S)N(C)c2ccccc2C(=O)NC2CCCCC2)cc1Br. The summed E-state index contributed by atoms with van der Waals surface area (Å²) in [6.45, 7) is 0.874. The average Bonchev–Trinajstić information content (AvgIpc) is 2.85. The van der Waals surface area contributed by atoms with Crippen LogP contribution < -0.4 is 20.3 Å². The second-order valence-corrected chi connectivity index (χ2v) is 9.37. The van der Waals surface area contributed by atoms with E-state index in [1.165, 1.54) is 6.42 Å². The van der Waals surface area contributed by atoms with Crippen molar-refractivity contribution < 1.29 is 19.1 Å². The fourth-order valence-electron chi connectivity index (χ4n) is 3.82. The number of carbonyl (C=O) groups excluding carboxylic acids is 2. The van der Waals surface area contributed by atoms with Crippen LogP contribution in [0.1, 0.15) is 52.8 Å². The molecule has 7 nitrogen and oxygen atoms in total. The summed E-state index contributed by atoms with van der Waals surface area (Å²) in [6, 6.07) is 12.5. The Morgan fingerprint density at radius 2 is 1.82 bits per heavy atom. The van der Waals surface area contributed by atoms with Crippen LogP contribution in [0.3, 0.4) is 0 Å². The highest BCUT2D eigenvalue weighted by Gasteiger charge is 2.21. The number of carbonyl (C=O) groups is 2. The summed E-state index contributed by atoms with van der Waals surface area (Å²) >= 11 is 8.92. The highest BCUT2D eigenvalue weighted by atomic mass is 79.9. The number of rotatable bonds is 8. The van der Waals surface area contributed by atoms with Crippen molar-refractivity contribution in [3.8, 4) is 5.75 Å². The van der Waals surface area contributed by atoms with Crippen LogP contribution in [0.25, 0.3) is 0 Å². The van der Waals surface area contributed by atoms with Crippen LogP contribution in [0.2, 0.25) is 0 Å². The number of hydrogen-bond acceptors (Lipinski definition) is 5. The summed E-state index contributed by atoms with van der Waals surface area (Å²) in [5.41, 5.74) is 1.57. The Morgan fingerprint density at radius 1 is 1.09 bits per heavy atom. The highest BCUT2D eigenvalue weighted by Crippen LogP contribution is 2.26. The number of methoxy groups -OCH3 is 1. The van der Waals surface area contributed by atoms with Crippen molar-refractivity contribution in [1.29, 1.82) is 0 Å². The summed E-state index contributed by atoms with van der Waals surface area (Å²) < 4.78 is 11.2. The van der Waals surface area contributed by atoms with E-state index in [-0.39, 0.29) is 23.0 Å². The van der Waals surface area contributed by atoms with Gasteiger partial charge >= 0.3 is 0 Å². The molecule has 2 amide bonds. The fraction of sp³-hybridized carbons (Fsp3) is 0.400. The first kappa shape index (κ1) is 26.1. The van der Waals surface area contributed by atoms with Gasteiger partial charge in [-0.2, -0.15) is 0 Å². The lowest BCUT2D eigenvalue weighted by molar-refractivity contribution is 0.0927. The Balaban J connectivity index is 1.66. The van der Waals surface area contributed by atoms with E-state index in [1.54, 1.807) is 43.3 Å². The van der Waals surface area contributed by atoms with E-state index in [9.17, 15) is 9.59 Å². The van der Waals surface area contributed by atoms with E-state index in [4.69, 9.17) is 21.7 Å². The van der Waals surface area contributed by atoms with Crippen LogP contribution in [0.4, 0.5) is 5.69 Å². The maximum atomic E-state index is 13.0. The molecule has 0 radical (unpaired) electrons. The molecule has 0 atom stereocenters. The van der Waals surface area contributed by atoms with Crippen molar-refractivity contribution in [2.24, 2.45) is 0 Å². The molecule has 1 fully saturated rings. The van der Waals surface area contributed by atoms with Crippen LogP contribution in [-0.4, -0.2) is 50.3 Å². The normalized spacial score (nSPS) is 13.7. The second kappa shape index (κ2) is 12.8. The number of para-hydroxylation sites is 1. The quantitative estimate of drug-likeness (QED) is 0.368. The lowest BCUT2D eigenvalue weighted by Crippen LogP contribution is -2.42. The molecular weight excluding hydrogens is 518 g/mol. The Morgan fingerprint density at radius 3 is 2.53 bits per heavy atom. The molecule has 182 valence electrons. The molecule has 0 heterocycles. The van der Waals surface area contributed by atoms with Gasteiger partial charge in [-0.15, -0.1) is 0 Å². The van der Waals surface area contributed by atoms with Crippen LogP contribution >= 0.6 is 28.1 Å².